The average molecular weight is 324 g/mol. The van der Waals surface area contributed by atoms with Crippen LogP contribution in [0.5, 0.6) is 5.75 Å². The van der Waals surface area contributed by atoms with E-state index in [1.165, 1.54) is 13.1 Å². The molecule has 1 aromatic carbocycles. The van der Waals surface area contributed by atoms with Crippen LogP contribution in [0, 0.1) is 0 Å². The van der Waals surface area contributed by atoms with Crippen LogP contribution < -0.4 is 5.32 Å². The number of H-pyrrole nitrogens is 1. The van der Waals surface area contributed by atoms with Crippen molar-refractivity contribution in [1.29, 1.82) is 0 Å². The van der Waals surface area contributed by atoms with Gasteiger partial charge in [0.1, 0.15) is 5.75 Å². The summed E-state index contributed by atoms with van der Waals surface area (Å²) in [7, 11) is 0. The number of nitrogens with zero attached hydrogens (tertiary/aromatic N) is 3. The van der Waals surface area contributed by atoms with Gasteiger partial charge in [-0.15, -0.1) is 5.10 Å². The van der Waals surface area contributed by atoms with Gasteiger partial charge in [0.25, 0.3) is 5.95 Å². The van der Waals surface area contributed by atoms with Gasteiger partial charge in [-0.2, -0.15) is 4.98 Å². The summed E-state index contributed by atoms with van der Waals surface area (Å²) < 4.78 is 0.820. The Kier molecular flexibility index (Phi) is 3.91. The quantitative estimate of drug-likeness (QED) is 0.751. The number of nitrogens with one attached hydrogen (secondary N) is 2. The lowest BCUT2D eigenvalue weighted by Gasteiger charge is -1.97. The standard InChI is InChI=1S/C11H10BrN5O2/c1-6(18)14-11-15-10(16-17-11)13-5-7-4-8(12)2-3-9(7)19/h2-5,19H,1H3,(H2,14,15,16,17,18)/b13-5+. The van der Waals surface area contributed by atoms with Crippen LogP contribution in [0.3, 0.4) is 0 Å². The molecule has 0 saturated heterocycles. The number of rotatable bonds is 3. The minimum absolute atomic E-state index is 0.101. The van der Waals surface area contributed by atoms with Gasteiger partial charge in [-0.1, -0.05) is 15.9 Å². The van der Waals surface area contributed by atoms with Crippen molar-refractivity contribution in [3.05, 3.63) is 28.2 Å². The maximum Gasteiger partial charge on any atom is 0.269 e. The number of anilines is 1. The molecule has 0 saturated carbocycles. The molecule has 2 aromatic rings. The number of benzene rings is 1. The topological polar surface area (TPSA) is 103 Å². The first kappa shape index (κ1) is 13.2. The Morgan fingerprint density at radius 1 is 1.58 bits per heavy atom. The molecule has 0 bridgehead atoms. The molecule has 1 amide bonds. The van der Waals surface area contributed by atoms with Crippen molar-refractivity contribution in [2.75, 3.05) is 5.32 Å². The second kappa shape index (κ2) is 5.61. The minimum atomic E-state index is -0.253. The number of halogens is 1. The Hall–Kier alpha value is -2.22. The van der Waals surface area contributed by atoms with E-state index >= 15 is 0 Å². The van der Waals surface area contributed by atoms with E-state index in [0.29, 0.717) is 5.56 Å². The molecule has 0 unspecified atom stereocenters. The van der Waals surface area contributed by atoms with E-state index < -0.39 is 0 Å². The lowest BCUT2D eigenvalue weighted by Crippen LogP contribution is -2.06. The third-order valence-electron chi connectivity index (χ3n) is 2.08. The monoisotopic (exact) mass is 323 g/mol. The van der Waals surface area contributed by atoms with Crippen LogP contribution in [0.25, 0.3) is 0 Å². The van der Waals surface area contributed by atoms with Gasteiger partial charge in [-0.3, -0.25) is 10.1 Å². The van der Waals surface area contributed by atoms with Crippen molar-refractivity contribution in [2.45, 2.75) is 6.92 Å². The van der Waals surface area contributed by atoms with Gasteiger partial charge in [-0.05, 0) is 18.2 Å². The predicted molar refractivity (Wildman–Crippen MR) is 73.7 cm³/mol. The third kappa shape index (κ3) is 3.62. The molecule has 1 aromatic heterocycles. The van der Waals surface area contributed by atoms with Gasteiger partial charge in [0, 0.05) is 23.2 Å². The highest BCUT2D eigenvalue weighted by Gasteiger charge is 2.03. The molecule has 0 aliphatic rings. The second-order valence-electron chi connectivity index (χ2n) is 3.63. The molecule has 0 fully saturated rings. The number of amides is 1. The fourth-order valence-corrected chi connectivity index (χ4v) is 1.67. The number of hydrogen-bond donors (Lipinski definition) is 3. The number of carbonyl (C=O) groups excluding carboxylic acids is 1. The first-order valence-electron chi connectivity index (χ1n) is 5.27. The molecule has 19 heavy (non-hydrogen) atoms. The van der Waals surface area contributed by atoms with Crippen molar-refractivity contribution in [3.63, 3.8) is 0 Å². The van der Waals surface area contributed by atoms with E-state index in [4.69, 9.17) is 0 Å². The zero-order valence-electron chi connectivity index (χ0n) is 9.88. The molecule has 0 aliphatic carbocycles. The first-order valence-corrected chi connectivity index (χ1v) is 6.06. The first-order chi connectivity index (χ1) is 9.04. The van der Waals surface area contributed by atoms with Gasteiger partial charge in [-0.25, -0.2) is 10.1 Å². The van der Waals surface area contributed by atoms with Crippen molar-refractivity contribution < 1.29 is 9.90 Å². The zero-order chi connectivity index (χ0) is 13.8. The van der Waals surface area contributed by atoms with Crippen LogP contribution >= 0.6 is 15.9 Å². The molecule has 8 heteroatoms. The number of aromatic nitrogens is 3. The second-order valence-corrected chi connectivity index (χ2v) is 4.54. The van der Waals surface area contributed by atoms with Gasteiger partial charge in [0.05, 0.1) is 0 Å². The van der Waals surface area contributed by atoms with E-state index in [1.54, 1.807) is 18.2 Å². The fourth-order valence-electron chi connectivity index (χ4n) is 1.29. The van der Waals surface area contributed by atoms with E-state index in [0.717, 1.165) is 4.47 Å². The number of hydrogen-bond acceptors (Lipinski definition) is 5. The maximum atomic E-state index is 10.8. The Labute approximate surface area is 116 Å². The Morgan fingerprint density at radius 2 is 2.37 bits per heavy atom. The van der Waals surface area contributed by atoms with E-state index in [-0.39, 0.29) is 23.6 Å². The Morgan fingerprint density at radius 3 is 3.11 bits per heavy atom. The number of aromatic hydroxyl groups is 1. The molecule has 98 valence electrons. The van der Waals surface area contributed by atoms with Gasteiger partial charge in [0.15, 0.2) is 0 Å². The van der Waals surface area contributed by atoms with Crippen LogP contribution in [-0.4, -0.2) is 32.4 Å². The molecule has 1 heterocycles. The van der Waals surface area contributed by atoms with Crippen molar-refractivity contribution in [3.8, 4) is 5.75 Å². The SMILES string of the molecule is CC(=O)Nc1nc(/N=C/c2cc(Br)ccc2O)n[nH]1. The summed E-state index contributed by atoms with van der Waals surface area (Å²) in [4.78, 5) is 18.7. The molecule has 3 N–H and O–H groups in total. The number of aromatic amines is 1. The Bertz CT molecular complexity index is 638. The molecular formula is C11H10BrN5O2. The van der Waals surface area contributed by atoms with E-state index in [2.05, 4.69) is 41.4 Å². The lowest BCUT2D eigenvalue weighted by atomic mass is 10.2. The summed E-state index contributed by atoms with van der Waals surface area (Å²) in [6.07, 6.45) is 1.43. The summed E-state index contributed by atoms with van der Waals surface area (Å²) in [5.41, 5.74) is 0.528. The summed E-state index contributed by atoms with van der Waals surface area (Å²) >= 11 is 3.30. The van der Waals surface area contributed by atoms with Crippen molar-refractivity contribution >= 4 is 39.9 Å². The number of phenolic OH excluding ortho intramolecular Hbond substituents is 1. The van der Waals surface area contributed by atoms with Crippen LogP contribution in [-0.2, 0) is 4.79 Å². The highest BCUT2D eigenvalue weighted by molar-refractivity contribution is 9.10. The highest BCUT2D eigenvalue weighted by Crippen LogP contribution is 2.20. The minimum Gasteiger partial charge on any atom is -0.507 e. The smallest absolute Gasteiger partial charge is 0.269 e. The van der Waals surface area contributed by atoms with E-state index in [1.807, 2.05) is 0 Å². The normalized spacial score (nSPS) is 10.8. The number of aliphatic imine (C=N–C) groups is 1. The van der Waals surface area contributed by atoms with Crippen LogP contribution in [0.15, 0.2) is 27.7 Å². The molecular weight excluding hydrogens is 314 g/mol. The average Bonchev–Trinajstić information content (AvgIpc) is 2.77. The molecule has 0 atom stereocenters. The number of phenols is 1. The zero-order valence-corrected chi connectivity index (χ0v) is 11.5. The summed E-state index contributed by atoms with van der Waals surface area (Å²) in [5, 5.41) is 18.4. The van der Waals surface area contributed by atoms with Crippen molar-refractivity contribution in [2.24, 2.45) is 4.99 Å². The maximum absolute atomic E-state index is 10.8. The molecule has 0 aliphatic heterocycles. The Balaban J connectivity index is 2.16. The van der Waals surface area contributed by atoms with Gasteiger partial charge < -0.3 is 5.11 Å². The number of carbonyl (C=O) groups is 1. The molecule has 7 nitrogen and oxygen atoms in total. The largest absolute Gasteiger partial charge is 0.507 e. The van der Waals surface area contributed by atoms with E-state index in [9.17, 15) is 9.90 Å². The van der Waals surface area contributed by atoms with Gasteiger partial charge in [0.2, 0.25) is 11.9 Å². The van der Waals surface area contributed by atoms with Crippen LogP contribution in [0.1, 0.15) is 12.5 Å². The van der Waals surface area contributed by atoms with Crippen LogP contribution in [0.2, 0.25) is 0 Å². The van der Waals surface area contributed by atoms with Gasteiger partial charge >= 0.3 is 0 Å². The van der Waals surface area contributed by atoms with Crippen molar-refractivity contribution in [1.82, 2.24) is 15.2 Å². The summed E-state index contributed by atoms with van der Waals surface area (Å²) in [6.45, 7) is 1.37. The molecule has 2 rings (SSSR count). The predicted octanol–water partition coefficient (Wildman–Crippen LogP) is 1.98. The molecule has 0 spiro atoms. The third-order valence-corrected chi connectivity index (χ3v) is 2.57. The summed E-state index contributed by atoms with van der Waals surface area (Å²) in [5.74, 6) is 0.224. The van der Waals surface area contributed by atoms with Crippen LogP contribution in [0.4, 0.5) is 11.9 Å². The summed E-state index contributed by atoms with van der Waals surface area (Å²) in [6, 6.07) is 4.97. The lowest BCUT2D eigenvalue weighted by molar-refractivity contribution is -0.114. The highest BCUT2D eigenvalue weighted by atomic mass is 79.9. The molecule has 0 radical (unpaired) electrons. The fraction of sp³-hybridized carbons (Fsp3) is 0.0909.